The number of esters is 1. The minimum atomic E-state index is -0.410. The van der Waals surface area contributed by atoms with Crippen LogP contribution in [0.1, 0.15) is 78.7 Å². The molecular weight excluding hydrogens is 410 g/mol. The molecule has 1 aliphatic rings. The van der Waals surface area contributed by atoms with Crippen LogP contribution in [-0.4, -0.2) is 34.6 Å². The first kappa shape index (κ1) is 23.3. The van der Waals surface area contributed by atoms with E-state index in [9.17, 15) is 9.59 Å². The Morgan fingerprint density at radius 3 is 2.81 bits per heavy atom. The Hall–Kier alpha value is -2.41. The van der Waals surface area contributed by atoms with Crippen LogP contribution in [-0.2, 0) is 11.3 Å². The number of hydrogen-bond acceptors (Lipinski definition) is 5. The zero-order valence-electron chi connectivity index (χ0n) is 19.0. The van der Waals surface area contributed by atoms with Crippen molar-refractivity contribution in [1.82, 2.24) is 14.9 Å². The summed E-state index contributed by atoms with van der Waals surface area (Å²) in [6, 6.07) is 1.90. The van der Waals surface area contributed by atoms with Gasteiger partial charge in [-0.3, -0.25) is 4.79 Å². The Kier molecular flexibility index (Phi) is 8.07. The first-order valence-corrected chi connectivity index (χ1v) is 12.1. The van der Waals surface area contributed by atoms with E-state index in [2.05, 4.69) is 34.8 Å². The molecule has 1 amide bonds. The van der Waals surface area contributed by atoms with Crippen molar-refractivity contribution in [3.8, 4) is 11.4 Å². The zero-order valence-corrected chi connectivity index (χ0v) is 19.8. The van der Waals surface area contributed by atoms with Crippen LogP contribution in [0.3, 0.4) is 0 Å². The maximum atomic E-state index is 13.0. The van der Waals surface area contributed by atoms with Gasteiger partial charge in [0.15, 0.2) is 0 Å². The largest absolute Gasteiger partial charge is 0.461 e. The Morgan fingerprint density at radius 1 is 1.32 bits per heavy atom. The summed E-state index contributed by atoms with van der Waals surface area (Å²) in [6.45, 7) is 9.78. The van der Waals surface area contributed by atoms with Crippen LogP contribution >= 0.6 is 11.3 Å². The summed E-state index contributed by atoms with van der Waals surface area (Å²) < 4.78 is 7.20. The van der Waals surface area contributed by atoms with Gasteiger partial charge in [-0.2, -0.15) is 0 Å². The molecule has 0 aliphatic heterocycles. The Morgan fingerprint density at radius 2 is 2.13 bits per heavy atom. The van der Waals surface area contributed by atoms with Crippen molar-refractivity contribution in [3.63, 3.8) is 0 Å². The van der Waals surface area contributed by atoms with Crippen LogP contribution in [0.15, 0.2) is 23.1 Å². The van der Waals surface area contributed by atoms with Gasteiger partial charge in [0.25, 0.3) is 5.91 Å². The molecule has 6 nitrogen and oxygen atoms in total. The summed E-state index contributed by atoms with van der Waals surface area (Å²) in [5.74, 6) is -0.0619. The number of aromatic nitrogens is 2. The molecule has 0 saturated heterocycles. The van der Waals surface area contributed by atoms with E-state index in [1.165, 1.54) is 29.8 Å². The van der Waals surface area contributed by atoms with E-state index >= 15 is 0 Å². The molecule has 3 rings (SSSR count). The van der Waals surface area contributed by atoms with Crippen molar-refractivity contribution in [2.45, 2.75) is 66.3 Å². The van der Waals surface area contributed by atoms with Gasteiger partial charge in [-0.25, -0.2) is 9.78 Å². The van der Waals surface area contributed by atoms with E-state index in [1.807, 2.05) is 18.4 Å². The van der Waals surface area contributed by atoms with Gasteiger partial charge in [-0.05, 0) is 57.9 Å². The molecule has 0 unspecified atom stereocenters. The van der Waals surface area contributed by atoms with E-state index in [1.54, 1.807) is 6.92 Å². The lowest BCUT2D eigenvalue weighted by Gasteiger charge is -2.14. The summed E-state index contributed by atoms with van der Waals surface area (Å²) in [5, 5.41) is 5.28. The number of thiazole rings is 1. The highest BCUT2D eigenvalue weighted by molar-refractivity contribution is 7.11. The quantitative estimate of drug-likeness (QED) is 0.417. The fourth-order valence-corrected chi connectivity index (χ4v) is 4.63. The number of carbonyl (C=O) groups excluding carboxylic acids is 2. The SMILES string of the molecule is CCOC(=O)c1nc(-c2cc(C(=O)NCCC3=CCCCC3)c(C)n2CC(C)C)cs1. The highest BCUT2D eigenvalue weighted by Crippen LogP contribution is 2.29. The average molecular weight is 444 g/mol. The Bertz CT molecular complexity index is 955. The second-order valence-corrected chi connectivity index (χ2v) is 9.26. The highest BCUT2D eigenvalue weighted by atomic mass is 32.1. The van der Waals surface area contributed by atoms with E-state index in [0.717, 1.165) is 37.2 Å². The number of nitrogens with zero attached hydrogens (tertiary/aromatic N) is 2. The van der Waals surface area contributed by atoms with Crippen molar-refractivity contribution in [1.29, 1.82) is 0 Å². The van der Waals surface area contributed by atoms with Gasteiger partial charge in [-0.15, -0.1) is 11.3 Å². The van der Waals surface area contributed by atoms with Crippen molar-refractivity contribution in [2.75, 3.05) is 13.2 Å². The molecule has 0 bridgehead atoms. The van der Waals surface area contributed by atoms with Crippen LogP contribution in [0.5, 0.6) is 0 Å². The number of nitrogens with one attached hydrogen (secondary N) is 1. The monoisotopic (exact) mass is 443 g/mol. The molecule has 0 fully saturated rings. The maximum Gasteiger partial charge on any atom is 0.367 e. The number of amides is 1. The third-order valence-electron chi connectivity index (χ3n) is 5.49. The topological polar surface area (TPSA) is 73.2 Å². The van der Waals surface area contributed by atoms with Crippen molar-refractivity contribution in [3.05, 3.63) is 39.4 Å². The predicted molar refractivity (Wildman–Crippen MR) is 125 cm³/mol. The van der Waals surface area contributed by atoms with Crippen LogP contribution < -0.4 is 5.32 Å². The average Bonchev–Trinajstić information content (AvgIpc) is 3.34. The molecule has 168 valence electrons. The summed E-state index contributed by atoms with van der Waals surface area (Å²) in [6.07, 6.45) is 8.07. The molecule has 0 radical (unpaired) electrons. The van der Waals surface area contributed by atoms with Crippen LogP contribution in [0, 0.1) is 12.8 Å². The van der Waals surface area contributed by atoms with Crippen molar-refractivity contribution >= 4 is 23.2 Å². The lowest BCUT2D eigenvalue weighted by atomic mass is 9.97. The molecule has 0 aromatic carbocycles. The van der Waals surface area contributed by atoms with Crippen LogP contribution in [0.2, 0.25) is 0 Å². The fourth-order valence-electron chi connectivity index (χ4n) is 3.93. The van der Waals surface area contributed by atoms with Crippen LogP contribution in [0.25, 0.3) is 11.4 Å². The van der Waals surface area contributed by atoms with Gasteiger partial charge in [0, 0.05) is 24.2 Å². The van der Waals surface area contributed by atoms with E-state index < -0.39 is 5.97 Å². The van der Waals surface area contributed by atoms with Gasteiger partial charge in [0.2, 0.25) is 5.01 Å². The van der Waals surface area contributed by atoms with Crippen molar-refractivity contribution < 1.29 is 14.3 Å². The molecule has 0 saturated carbocycles. The van der Waals surface area contributed by atoms with Gasteiger partial charge < -0.3 is 14.6 Å². The summed E-state index contributed by atoms with van der Waals surface area (Å²) in [7, 11) is 0. The molecule has 0 atom stereocenters. The molecule has 7 heteroatoms. The highest BCUT2D eigenvalue weighted by Gasteiger charge is 2.22. The summed E-state index contributed by atoms with van der Waals surface area (Å²) in [4.78, 5) is 29.5. The van der Waals surface area contributed by atoms with Gasteiger partial charge in [-0.1, -0.05) is 25.5 Å². The number of rotatable bonds is 9. The molecular formula is C24H33N3O3S. The lowest BCUT2D eigenvalue weighted by molar-refractivity contribution is 0.0526. The smallest absolute Gasteiger partial charge is 0.367 e. The van der Waals surface area contributed by atoms with Gasteiger partial charge in [0.1, 0.15) is 0 Å². The van der Waals surface area contributed by atoms with E-state index in [0.29, 0.717) is 35.3 Å². The third-order valence-corrected chi connectivity index (χ3v) is 6.31. The predicted octanol–water partition coefficient (Wildman–Crippen LogP) is 5.37. The second-order valence-electron chi connectivity index (χ2n) is 8.41. The lowest BCUT2D eigenvalue weighted by Crippen LogP contribution is -2.25. The minimum Gasteiger partial charge on any atom is -0.461 e. The Labute approximate surface area is 188 Å². The molecule has 2 heterocycles. The first-order chi connectivity index (χ1) is 14.9. The van der Waals surface area contributed by atoms with E-state index in [-0.39, 0.29) is 5.91 Å². The first-order valence-electron chi connectivity index (χ1n) is 11.2. The third kappa shape index (κ3) is 5.85. The van der Waals surface area contributed by atoms with Gasteiger partial charge in [0.05, 0.1) is 23.6 Å². The molecule has 2 aromatic rings. The Balaban J connectivity index is 1.80. The maximum absolute atomic E-state index is 13.0. The summed E-state index contributed by atoms with van der Waals surface area (Å²) in [5.41, 5.74) is 4.60. The standard InChI is InChI=1S/C24H33N3O3S/c1-5-30-24(29)23-26-20(15-31-23)21-13-19(17(4)27(21)14-16(2)3)22(28)25-12-11-18-9-7-6-8-10-18/h9,13,15-16H,5-8,10-12,14H2,1-4H3,(H,25,28). The molecule has 2 aromatic heterocycles. The normalized spacial score (nSPS) is 13.9. The minimum absolute atomic E-state index is 0.0569. The van der Waals surface area contributed by atoms with Gasteiger partial charge >= 0.3 is 5.97 Å². The molecule has 1 aliphatic carbocycles. The second kappa shape index (κ2) is 10.8. The molecule has 1 N–H and O–H groups in total. The molecule has 31 heavy (non-hydrogen) atoms. The zero-order chi connectivity index (χ0) is 22.4. The number of ether oxygens (including phenoxy) is 1. The number of hydrogen-bond donors (Lipinski definition) is 1. The fraction of sp³-hybridized carbons (Fsp3) is 0.542. The van der Waals surface area contributed by atoms with E-state index in [4.69, 9.17) is 4.74 Å². The number of carbonyl (C=O) groups is 2. The number of allylic oxidation sites excluding steroid dienone is 1. The van der Waals surface area contributed by atoms with Crippen LogP contribution in [0.4, 0.5) is 0 Å². The molecule has 0 spiro atoms. The summed E-state index contributed by atoms with van der Waals surface area (Å²) >= 11 is 1.27. The van der Waals surface area contributed by atoms with Crippen molar-refractivity contribution in [2.24, 2.45) is 5.92 Å².